The second-order valence-electron chi connectivity index (χ2n) is 4.56. The van der Waals surface area contributed by atoms with Crippen molar-refractivity contribution in [3.63, 3.8) is 0 Å². The van der Waals surface area contributed by atoms with Crippen molar-refractivity contribution in [1.29, 1.82) is 0 Å². The van der Waals surface area contributed by atoms with Gasteiger partial charge in [-0.3, -0.25) is 4.79 Å². The van der Waals surface area contributed by atoms with Crippen molar-refractivity contribution in [2.45, 2.75) is 0 Å². The van der Waals surface area contributed by atoms with Gasteiger partial charge in [0.25, 0.3) is 5.91 Å². The Morgan fingerprint density at radius 3 is 1.96 bits per heavy atom. The van der Waals surface area contributed by atoms with Gasteiger partial charge >= 0.3 is 0 Å². The topological polar surface area (TPSA) is 66.0 Å². The lowest BCUT2D eigenvalue weighted by atomic mass is 10.1. The molecule has 0 saturated heterocycles. The maximum atomic E-state index is 12.5. The van der Waals surface area contributed by atoms with Crippen LogP contribution in [0, 0.1) is 0 Å². The molecular weight excluding hydrogens is 298 g/mol. The Hall–Kier alpha value is -2.89. The van der Waals surface area contributed by atoms with Gasteiger partial charge in [-0.15, -0.1) is 0 Å². The zero-order valence-electron chi connectivity index (χ0n) is 13.5. The summed E-state index contributed by atoms with van der Waals surface area (Å²) < 4.78 is 20.9. The van der Waals surface area contributed by atoms with Crippen LogP contribution in [-0.4, -0.2) is 34.3 Å². The fourth-order valence-electron chi connectivity index (χ4n) is 2.15. The molecule has 2 rings (SSSR count). The minimum Gasteiger partial charge on any atom is -0.497 e. The molecule has 1 N–H and O–H groups in total. The van der Waals surface area contributed by atoms with Gasteiger partial charge < -0.3 is 24.3 Å². The Bertz CT molecular complexity index is 682. The van der Waals surface area contributed by atoms with E-state index >= 15 is 0 Å². The number of ether oxygens (including phenoxy) is 4. The molecule has 0 unspecified atom stereocenters. The van der Waals surface area contributed by atoms with Gasteiger partial charge in [0.05, 0.1) is 34.0 Å². The molecular formula is C17H19NO5. The van der Waals surface area contributed by atoms with Gasteiger partial charge in [-0.2, -0.15) is 0 Å². The fraction of sp³-hybridized carbons (Fsp3) is 0.235. The summed E-state index contributed by atoms with van der Waals surface area (Å²) in [6.07, 6.45) is 0. The zero-order valence-corrected chi connectivity index (χ0v) is 13.5. The first-order chi connectivity index (χ1) is 11.1. The van der Waals surface area contributed by atoms with Gasteiger partial charge in [0.2, 0.25) is 5.75 Å². The second kappa shape index (κ2) is 7.40. The molecule has 6 nitrogen and oxygen atoms in total. The van der Waals surface area contributed by atoms with E-state index in [0.29, 0.717) is 34.2 Å². The van der Waals surface area contributed by atoms with E-state index in [1.165, 1.54) is 21.3 Å². The summed E-state index contributed by atoms with van der Waals surface area (Å²) in [6.45, 7) is 0. The van der Waals surface area contributed by atoms with Gasteiger partial charge in [0, 0.05) is 5.69 Å². The Labute approximate surface area is 134 Å². The highest BCUT2D eigenvalue weighted by atomic mass is 16.5. The molecule has 6 heteroatoms. The Morgan fingerprint density at radius 1 is 0.783 bits per heavy atom. The van der Waals surface area contributed by atoms with Crippen LogP contribution in [0.25, 0.3) is 0 Å². The predicted molar refractivity (Wildman–Crippen MR) is 87.0 cm³/mol. The predicted octanol–water partition coefficient (Wildman–Crippen LogP) is 2.97. The van der Waals surface area contributed by atoms with Crippen molar-refractivity contribution in [2.75, 3.05) is 33.8 Å². The number of rotatable bonds is 6. The van der Waals surface area contributed by atoms with Gasteiger partial charge in [0.1, 0.15) is 5.75 Å². The van der Waals surface area contributed by atoms with Crippen LogP contribution in [0.2, 0.25) is 0 Å². The molecule has 0 fully saturated rings. The fourth-order valence-corrected chi connectivity index (χ4v) is 2.15. The molecule has 0 heterocycles. The molecule has 0 saturated carbocycles. The molecule has 0 bridgehead atoms. The van der Waals surface area contributed by atoms with E-state index in [4.69, 9.17) is 18.9 Å². The highest BCUT2D eigenvalue weighted by Gasteiger charge is 2.20. The van der Waals surface area contributed by atoms with Crippen LogP contribution in [0.4, 0.5) is 5.69 Å². The SMILES string of the molecule is COc1ccc(NC(=O)c2ccc(OC)c(OC)c2OC)cc1. The van der Waals surface area contributed by atoms with E-state index in [9.17, 15) is 4.79 Å². The van der Waals surface area contributed by atoms with Gasteiger partial charge in [-0.25, -0.2) is 0 Å². The summed E-state index contributed by atoms with van der Waals surface area (Å²) in [4.78, 5) is 12.5. The number of anilines is 1. The van der Waals surface area contributed by atoms with Gasteiger partial charge in [0.15, 0.2) is 11.5 Å². The average Bonchev–Trinajstić information content (AvgIpc) is 2.60. The quantitative estimate of drug-likeness (QED) is 0.887. The summed E-state index contributed by atoms with van der Waals surface area (Å²) in [7, 11) is 6.07. The molecule has 0 aliphatic heterocycles. The number of carbonyl (C=O) groups excluding carboxylic acids is 1. The van der Waals surface area contributed by atoms with Crippen molar-refractivity contribution in [3.8, 4) is 23.0 Å². The lowest BCUT2D eigenvalue weighted by molar-refractivity contribution is 0.102. The number of methoxy groups -OCH3 is 4. The number of hydrogen-bond acceptors (Lipinski definition) is 5. The minimum absolute atomic E-state index is 0.312. The van der Waals surface area contributed by atoms with Crippen molar-refractivity contribution >= 4 is 11.6 Å². The number of carbonyl (C=O) groups is 1. The largest absolute Gasteiger partial charge is 0.497 e. The number of amides is 1. The lowest BCUT2D eigenvalue weighted by Gasteiger charge is -2.15. The van der Waals surface area contributed by atoms with Crippen LogP contribution >= 0.6 is 0 Å². The summed E-state index contributed by atoms with van der Waals surface area (Å²) >= 11 is 0. The van der Waals surface area contributed by atoms with E-state index in [1.807, 2.05) is 0 Å². The van der Waals surface area contributed by atoms with Crippen molar-refractivity contribution in [2.24, 2.45) is 0 Å². The van der Waals surface area contributed by atoms with Crippen molar-refractivity contribution in [3.05, 3.63) is 42.0 Å². The van der Waals surface area contributed by atoms with Crippen LogP contribution in [0.1, 0.15) is 10.4 Å². The summed E-state index contributed by atoms with van der Waals surface area (Å²) in [5, 5.41) is 2.80. The van der Waals surface area contributed by atoms with Gasteiger partial charge in [-0.1, -0.05) is 0 Å². The standard InChI is InChI=1S/C17H19NO5/c1-20-12-7-5-11(6-8-12)18-17(19)13-9-10-14(21-2)16(23-4)15(13)22-3/h5-10H,1-4H3,(H,18,19). The molecule has 0 spiro atoms. The number of hydrogen-bond donors (Lipinski definition) is 1. The van der Waals surface area contributed by atoms with E-state index < -0.39 is 0 Å². The van der Waals surface area contributed by atoms with E-state index in [0.717, 1.165) is 0 Å². The van der Waals surface area contributed by atoms with E-state index in [1.54, 1.807) is 43.5 Å². The number of benzene rings is 2. The molecule has 122 valence electrons. The minimum atomic E-state index is -0.312. The van der Waals surface area contributed by atoms with E-state index in [-0.39, 0.29) is 5.91 Å². The molecule has 2 aromatic rings. The highest BCUT2D eigenvalue weighted by Crippen LogP contribution is 2.39. The molecule has 1 amide bonds. The Morgan fingerprint density at radius 2 is 1.43 bits per heavy atom. The first kappa shape index (κ1) is 16.5. The van der Waals surface area contributed by atoms with Crippen LogP contribution in [-0.2, 0) is 0 Å². The summed E-state index contributed by atoms with van der Waals surface area (Å²) in [5.41, 5.74) is 0.994. The monoisotopic (exact) mass is 317 g/mol. The third-order valence-electron chi connectivity index (χ3n) is 3.30. The summed E-state index contributed by atoms with van der Waals surface area (Å²) in [5.74, 6) is 1.58. The second-order valence-corrected chi connectivity index (χ2v) is 4.56. The maximum absolute atomic E-state index is 12.5. The Kier molecular flexibility index (Phi) is 5.30. The van der Waals surface area contributed by atoms with Crippen LogP contribution in [0.3, 0.4) is 0 Å². The third kappa shape index (κ3) is 3.48. The smallest absolute Gasteiger partial charge is 0.259 e. The molecule has 0 atom stereocenters. The van der Waals surface area contributed by atoms with E-state index in [2.05, 4.69) is 5.32 Å². The molecule has 0 radical (unpaired) electrons. The summed E-state index contributed by atoms with van der Waals surface area (Å²) in [6, 6.07) is 10.3. The lowest BCUT2D eigenvalue weighted by Crippen LogP contribution is -2.14. The van der Waals surface area contributed by atoms with Crippen molar-refractivity contribution < 1.29 is 23.7 Å². The first-order valence-corrected chi connectivity index (χ1v) is 6.89. The van der Waals surface area contributed by atoms with Crippen molar-refractivity contribution in [1.82, 2.24) is 0 Å². The maximum Gasteiger partial charge on any atom is 0.259 e. The van der Waals surface area contributed by atoms with Crippen LogP contribution < -0.4 is 24.3 Å². The van der Waals surface area contributed by atoms with Gasteiger partial charge in [-0.05, 0) is 36.4 Å². The average molecular weight is 317 g/mol. The molecule has 2 aromatic carbocycles. The van der Waals surface area contributed by atoms with Crippen LogP contribution in [0.5, 0.6) is 23.0 Å². The first-order valence-electron chi connectivity index (χ1n) is 6.89. The normalized spacial score (nSPS) is 9.91. The third-order valence-corrected chi connectivity index (χ3v) is 3.30. The van der Waals surface area contributed by atoms with Crippen LogP contribution in [0.15, 0.2) is 36.4 Å². The highest BCUT2D eigenvalue weighted by molar-refractivity contribution is 6.07. The number of nitrogens with one attached hydrogen (secondary N) is 1. The Balaban J connectivity index is 2.31. The zero-order chi connectivity index (χ0) is 16.8. The molecule has 0 aromatic heterocycles. The molecule has 0 aliphatic rings. The molecule has 0 aliphatic carbocycles. The molecule has 23 heavy (non-hydrogen) atoms.